The van der Waals surface area contributed by atoms with Crippen LogP contribution in [-0.4, -0.2) is 49.8 Å². The van der Waals surface area contributed by atoms with Crippen molar-refractivity contribution in [1.29, 1.82) is 0 Å². The molecule has 8 heteroatoms. The molecule has 0 spiro atoms. The van der Waals surface area contributed by atoms with E-state index in [1.165, 1.54) is 21.9 Å². The van der Waals surface area contributed by atoms with Gasteiger partial charge in [-0.3, -0.25) is 18.8 Å². The summed E-state index contributed by atoms with van der Waals surface area (Å²) in [6.45, 7) is 7.38. The van der Waals surface area contributed by atoms with Gasteiger partial charge in [0.2, 0.25) is 0 Å². The van der Waals surface area contributed by atoms with E-state index in [1.807, 2.05) is 6.07 Å². The highest BCUT2D eigenvalue weighted by atomic mass is 16.2. The second kappa shape index (κ2) is 9.09. The Morgan fingerprint density at radius 1 is 0.935 bits per heavy atom. The molecule has 3 aromatic rings. The summed E-state index contributed by atoms with van der Waals surface area (Å²) in [4.78, 5) is 34.9. The number of hydrogen-bond acceptors (Lipinski definition) is 5. The summed E-state index contributed by atoms with van der Waals surface area (Å²) in [5.74, 6) is 0.873. The van der Waals surface area contributed by atoms with Gasteiger partial charge in [-0.25, -0.2) is 9.78 Å². The molecule has 0 N–H and O–H groups in total. The molecule has 166 valence electrons. The number of unbranched alkanes of at least 4 members (excludes halogenated alkanes) is 2. The number of anilines is 1. The zero-order chi connectivity index (χ0) is 22.0. The number of para-hydroxylation sites is 1. The molecule has 1 aliphatic heterocycles. The Morgan fingerprint density at radius 3 is 2.32 bits per heavy atom. The molecule has 2 aromatic heterocycles. The molecule has 31 heavy (non-hydrogen) atoms. The van der Waals surface area contributed by atoms with Crippen LogP contribution in [0.3, 0.4) is 0 Å². The van der Waals surface area contributed by atoms with Crippen molar-refractivity contribution in [2.24, 2.45) is 14.1 Å². The fourth-order valence-electron chi connectivity index (χ4n) is 4.38. The molecule has 3 heterocycles. The number of aryl methyl sites for hydroxylation is 2. The van der Waals surface area contributed by atoms with Gasteiger partial charge >= 0.3 is 5.69 Å². The van der Waals surface area contributed by atoms with E-state index in [-0.39, 0.29) is 11.2 Å². The first-order valence-electron chi connectivity index (χ1n) is 11.2. The molecule has 0 atom stereocenters. The van der Waals surface area contributed by atoms with E-state index in [2.05, 4.69) is 45.6 Å². The first-order valence-corrected chi connectivity index (χ1v) is 11.2. The van der Waals surface area contributed by atoms with Crippen LogP contribution in [0.25, 0.3) is 11.2 Å². The van der Waals surface area contributed by atoms with E-state index in [4.69, 9.17) is 4.98 Å². The van der Waals surface area contributed by atoms with Crippen molar-refractivity contribution in [2.45, 2.75) is 39.3 Å². The quantitative estimate of drug-likeness (QED) is 0.543. The molecule has 1 saturated heterocycles. The Bertz CT molecular complexity index is 1150. The minimum Gasteiger partial charge on any atom is -0.369 e. The largest absolute Gasteiger partial charge is 0.369 e. The Morgan fingerprint density at radius 2 is 1.65 bits per heavy atom. The smallest absolute Gasteiger partial charge is 0.332 e. The van der Waals surface area contributed by atoms with Crippen LogP contribution in [0.15, 0.2) is 39.9 Å². The van der Waals surface area contributed by atoms with E-state index >= 15 is 0 Å². The van der Waals surface area contributed by atoms with Gasteiger partial charge in [-0.2, -0.15) is 0 Å². The highest BCUT2D eigenvalue weighted by Crippen LogP contribution is 2.19. The Kier molecular flexibility index (Phi) is 6.27. The summed E-state index contributed by atoms with van der Waals surface area (Å²) < 4.78 is 4.73. The maximum Gasteiger partial charge on any atom is 0.332 e. The monoisotopic (exact) mass is 424 g/mol. The van der Waals surface area contributed by atoms with Crippen molar-refractivity contribution in [3.63, 3.8) is 0 Å². The summed E-state index contributed by atoms with van der Waals surface area (Å²) in [6, 6.07) is 10.5. The van der Waals surface area contributed by atoms with Crippen molar-refractivity contribution in [1.82, 2.24) is 23.6 Å². The molecule has 0 bridgehead atoms. The van der Waals surface area contributed by atoms with E-state index in [0.717, 1.165) is 57.8 Å². The first-order chi connectivity index (χ1) is 15.0. The van der Waals surface area contributed by atoms with Crippen LogP contribution in [0, 0.1) is 0 Å². The number of fused-ring (bicyclic) bond motifs is 1. The zero-order valence-corrected chi connectivity index (χ0v) is 18.8. The normalized spacial score (nSPS) is 15.1. The minimum absolute atomic E-state index is 0.262. The van der Waals surface area contributed by atoms with Gasteiger partial charge in [0.1, 0.15) is 5.82 Å². The Labute approximate surface area is 182 Å². The number of piperazine rings is 1. The van der Waals surface area contributed by atoms with Crippen LogP contribution in [0.4, 0.5) is 5.69 Å². The number of benzene rings is 1. The maximum atomic E-state index is 12.9. The second-order valence-corrected chi connectivity index (χ2v) is 8.36. The average Bonchev–Trinajstić information content (AvgIpc) is 3.15. The molecule has 0 amide bonds. The SMILES string of the molecule is CCCCCn1c(CN2CCN(c3ccccc3)CC2)nc2c1c(=O)n(C)c(=O)n2C. The Hall–Kier alpha value is -2.87. The van der Waals surface area contributed by atoms with Crippen LogP contribution in [0.2, 0.25) is 0 Å². The lowest BCUT2D eigenvalue weighted by atomic mass is 10.2. The first kappa shape index (κ1) is 21.4. The lowest BCUT2D eigenvalue weighted by Crippen LogP contribution is -2.46. The fourth-order valence-corrected chi connectivity index (χ4v) is 4.38. The molecule has 1 aromatic carbocycles. The molecule has 1 fully saturated rings. The molecule has 0 aliphatic carbocycles. The molecule has 0 saturated carbocycles. The lowest BCUT2D eigenvalue weighted by Gasteiger charge is -2.36. The predicted molar refractivity (Wildman–Crippen MR) is 124 cm³/mol. The van der Waals surface area contributed by atoms with Crippen LogP contribution in [0.1, 0.15) is 32.0 Å². The summed E-state index contributed by atoms with van der Waals surface area (Å²) in [6.07, 6.45) is 3.20. The maximum absolute atomic E-state index is 12.9. The average molecular weight is 425 g/mol. The van der Waals surface area contributed by atoms with Crippen LogP contribution < -0.4 is 16.1 Å². The van der Waals surface area contributed by atoms with Gasteiger partial charge in [0.25, 0.3) is 5.56 Å². The van der Waals surface area contributed by atoms with Gasteiger partial charge in [-0.1, -0.05) is 38.0 Å². The Balaban J connectivity index is 1.60. The summed E-state index contributed by atoms with van der Waals surface area (Å²) in [7, 11) is 3.23. The predicted octanol–water partition coefficient (Wildman–Crippen LogP) is 1.95. The van der Waals surface area contributed by atoms with Gasteiger partial charge in [0.15, 0.2) is 11.2 Å². The zero-order valence-electron chi connectivity index (χ0n) is 18.8. The van der Waals surface area contributed by atoms with Gasteiger partial charge in [0, 0.05) is 52.5 Å². The molecule has 0 unspecified atom stereocenters. The number of nitrogens with zero attached hydrogens (tertiary/aromatic N) is 6. The summed E-state index contributed by atoms with van der Waals surface area (Å²) in [5.41, 5.74) is 1.69. The third-order valence-corrected chi connectivity index (χ3v) is 6.27. The van der Waals surface area contributed by atoms with Crippen molar-refractivity contribution < 1.29 is 0 Å². The second-order valence-electron chi connectivity index (χ2n) is 8.36. The number of hydrogen-bond donors (Lipinski definition) is 0. The topological polar surface area (TPSA) is 68.3 Å². The number of aromatic nitrogens is 4. The van der Waals surface area contributed by atoms with Crippen LogP contribution >= 0.6 is 0 Å². The summed E-state index contributed by atoms with van der Waals surface area (Å²) >= 11 is 0. The highest BCUT2D eigenvalue weighted by Gasteiger charge is 2.23. The van der Waals surface area contributed by atoms with Gasteiger partial charge in [-0.15, -0.1) is 0 Å². The van der Waals surface area contributed by atoms with Crippen molar-refractivity contribution in [2.75, 3.05) is 31.1 Å². The molecular weight excluding hydrogens is 392 g/mol. The molecule has 1 aliphatic rings. The van der Waals surface area contributed by atoms with Crippen molar-refractivity contribution in [3.05, 3.63) is 57.0 Å². The van der Waals surface area contributed by atoms with E-state index in [1.54, 1.807) is 7.05 Å². The molecular formula is C23H32N6O2. The van der Waals surface area contributed by atoms with E-state index in [9.17, 15) is 9.59 Å². The molecule has 8 nitrogen and oxygen atoms in total. The van der Waals surface area contributed by atoms with Gasteiger partial charge < -0.3 is 9.47 Å². The van der Waals surface area contributed by atoms with Gasteiger partial charge in [0.05, 0.1) is 6.54 Å². The van der Waals surface area contributed by atoms with Crippen molar-refractivity contribution >= 4 is 16.9 Å². The fraction of sp³-hybridized carbons (Fsp3) is 0.522. The van der Waals surface area contributed by atoms with Crippen LogP contribution in [0.5, 0.6) is 0 Å². The number of imidazole rings is 1. The van der Waals surface area contributed by atoms with E-state index in [0.29, 0.717) is 17.7 Å². The molecule has 0 radical (unpaired) electrons. The van der Waals surface area contributed by atoms with Crippen molar-refractivity contribution in [3.8, 4) is 0 Å². The molecule has 4 rings (SSSR count). The third kappa shape index (κ3) is 4.17. The van der Waals surface area contributed by atoms with Gasteiger partial charge in [-0.05, 0) is 18.6 Å². The third-order valence-electron chi connectivity index (χ3n) is 6.27. The minimum atomic E-state index is -0.335. The standard InChI is InChI=1S/C23H32N6O2/c1-4-5-9-12-29-19(24-21-20(29)22(30)26(3)23(31)25(21)2)17-27-13-15-28(16-14-27)18-10-7-6-8-11-18/h6-8,10-11H,4-5,9,12-17H2,1-3H3. The highest BCUT2D eigenvalue weighted by molar-refractivity contribution is 5.71. The van der Waals surface area contributed by atoms with Crippen LogP contribution in [-0.2, 0) is 27.2 Å². The lowest BCUT2D eigenvalue weighted by molar-refractivity contribution is 0.241. The number of rotatable bonds is 7. The summed E-state index contributed by atoms with van der Waals surface area (Å²) in [5, 5.41) is 0. The van der Waals surface area contributed by atoms with E-state index < -0.39 is 0 Å².